The van der Waals surface area contributed by atoms with Crippen molar-refractivity contribution >= 4 is 44.2 Å². The van der Waals surface area contributed by atoms with Crippen LogP contribution in [0.4, 0.5) is 5.13 Å². The molecule has 1 aliphatic heterocycles. The zero-order valence-electron chi connectivity index (χ0n) is 16.9. The van der Waals surface area contributed by atoms with Gasteiger partial charge in [-0.15, -0.1) is 0 Å². The first-order valence-electron chi connectivity index (χ1n) is 9.35. The van der Waals surface area contributed by atoms with Gasteiger partial charge in [-0.1, -0.05) is 11.3 Å². The number of thiazole rings is 1. The molecule has 11 heteroatoms. The summed E-state index contributed by atoms with van der Waals surface area (Å²) in [6, 6.07) is 3.15. The number of hydrogen-bond donors (Lipinski definition) is 2. The highest BCUT2D eigenvalue weighted by Gasteiger charge is 2.21. The van der Waals surface area contributed by atoms with E-state index in [9.17, 15) is 9.59 Å². The molecule has 30 heavy (non-hydrogen) atoms. The lowest BCUT2D eigenvalue weighted by atomic mass is 10.2. The number of hydrazine groups is 1. The molecule has 2 aromatic rings. The fraction of sp³-hybridized carbons (Fsp3) is 0.421. The maximum atomic E-state index is 12.6. The number of morpholine rings is 1. The van der Waals surface area contributed by atoms with Crippen molar-refractivity contribution in [3.05, 3.63) is 32.7 Å². The van der Waals surface area contributed by atoms with Crippen LogP contribution in [0.15, 0.2) is 16.6 Å². The number of carbonyl (C=O) groups excluding carboxylic acids is 2. The Morgan fingerprint density at radius 2 is 1.97 bits per heavy atom. The van der Waals surface area contributed by atoms with Gasteiger partial charge in [-0.3, -0.25) is 20.4 Å². The van der Waals surface area contributed by atoms with Crippen molar-refractivity contribution in [1.29, 1.82) is 0 Å². The number of ether oxygens (including phenoxy) is 3. The van der Waals surface area contributed by atoms with E-state index < -0.39 is 11.8 Å². The number of carbonyl (C=O) groups is 2. The summed E-state index contributed by atoms with van der Waals surface area (Å²) in [6.45, 7) is 6.82. The number of aromatic nitrogens is 1. The van der Waals surface area contributed by atoms with Crippen molar-refractivity contribution in [3.8, 4) is 11.5 Å². The van der Waals surface area contributed by atoms with Crippen molar-refractivity contribution in [2.75, 3.05) is 44.9 Å². The monoisotopic (exact) mass is 498 g/mol. The van der Waals surface area contributed by atoms with Crippen LogP contribution in [0.1, 0.15) is 32.6 Å². The Balaban J connectivity index is 1.67. The summed E-state index contributed by atoms with van der Waals surface area (Å²) in [5.41, 5.74) is 5.80. The maximum absolute atomic E-state index is 12.6. The van der Waals surface area contributed by atoms with Gasteiger partial charge in [0.05, 0.1) is 37.1 Å². The standard InChI is InChI=1S/C19H23BrN4O5S/c1-4-29-15-13(20)9-12(10-14(15)27-3)17(25)22-23-18(26)16-11(2)21-19(30-16)24-5-7-28-8-6-24/h9-10H,4-8H2,1-3H3,(H,22,25)(H,23,26). The molecule has 1 aliphatic rings. The Morgan fingerprint density at radius 1 is 1.27 bits per heavy atom. The van der Waals surface area contributed by atoms with Gasteiger partial charge in [-0.2, -0.15) is 0 Å². The van der Waals surface area contributed by atoms with Gasteiger partial charge in [0.25, 0.3) is 11.8 Å². The Bertz CT molecular complexity index is 930. The molecule has 1 aromatic heterocycles. The van der Waals surface area contributed by atoms with E-state index in [0.29, 0.717) is 51.9 Å². The van der Waals surface area contributed by atoms with Crippen molar-refractivity contribution in [3.63, 3.8) is 0 Å². The second-order valence-corrected chi connectivity index (χ2v) is 8.17. The highest BCUT2D eigenvalue weighted by atomic mass is 79.9. The van der Waals surface area contributed by atoms with E-state index in [1.54, 1.807) is 19.1 Å². The fourth-order valence-corrected chi connectivity index (χ4v) is 4.43. The summed E-state index contributed by atoms with van der Waals surface area (Å²) < 4.78 is 16.7. The molecule has 0 saturated carbocycles. The number of methoxy groups -OCH3 is 1. The van der Waals surface area contributed by atoms with Gasteiger partial charge < -0.3 is 19.1 Å². The minimum absolute atomic E-state index is 0.303. The Kier molecular flexibility index (Phi) is 7.51. The first-order chi connectivity index (χ1) is 14.4. The van der Waals surface area contributed by atoms with E-state index in [0.717, 1.165) is 18.2 Å². The number of halogens is 1. The molecule has 9 nitrogen and oxygen atoms in total. The second-order valence-electron chi connectivity index (χ2n) is 6.34. The van der Waals surface area contributed by atoms with Crippen LogP contribution in [-0.2, 0) is 4.74 Å². The van der Waals surface area contributed by atoms with Gasteiger partial charge in [-0.05, 0) is 41.9 Å². The Hall–Kier alpha value is -2.37. The van der Waals surface area contributed by atoms with Gasteiger partial charge in [0.1, 0.15) is 4.88 Å². The van der Waals surface area contributed by atoms with E-state index >= 15 is 0 Å². The lowest BCUT2D eigenvalue weighted by Crippen LogP contribution is -2.41. The molecule has 0 unspecified atom stereocenters. The van der Waals surface area contributed by atoms with Crippen molar-refractivity contribution in [2.45, 2.75) is 13.8 Å². The quantitative estimate of drug-likeness (QED) is 0.589. The zero-order chi connectivity index (χ0) is 21.7. The van der Waals surface area contributed by atoms with Crippen LogP contribution in [0.3, 0.4) is 0 Å². The van der Waals surface area contributed by atoms with Gasteiger partial charge >= 0.3 is 0 Å². The van der Waals surface area contributed by atoms with E-state index in [1.165, 1.54) is 18.4 Å². The van der Waals surface area contributed by atoms with Crippen LogP contribution >= 0.6 is 27.3 Å². The maximum Gasteiger partial charge on any atom is 0.281 e. The molecule has 0 radical (unpaired) electrons. The molecule has 1 fully saturated rings. The molecule has 2 heterocycles. The summed E-state index contributed by atoms with van der Waals surface area (Å²) in [7, 11) is 1.49. The van der Waals surface area contributed by atoms with Gasteiger partial charge in [0.2, 0.25) is 0 Å². The number of nitrogens with zero attached hydrogens (tertiary/aromatic N) is 2. The molecule has 0 atom stereocenters. The van der Waals surface area contributed by atoms with Crippen LogP contribution in [0, 0.1) is 6.92 Å². The number of amides is 2. The van der Waals surface area contributed by atoms with Crippen LogP contribution in [0.5, 0.6) is 11.5 Å². The average Bonchev–Trinajstić information content (AvgIpc) is 3.15. The number of nitrogens with one attached hydrogen (secondary N) is 2. The average molecular weight is 499 g/mol. The van der Waals surface area contributed by atoms with Crippen LogP contribution < -0.4 is 25.2 Å². The summed E-state index contributed by atoms with van der Waals surface area (Å²) in [5.74, 6) is 0.0171. The molecule has 3 rings (SSSR count). The van der Waals surface area contributed by atoms with Crippen LogP contribution in [0.2, 0.25) is 0 Å². The molecule has 2 amide bonds. The number of hydrogen-bond acceptors (Lipinski definition) is 8. The topological polar surface area (TPSA) is 102 Å². The summed E-state index contributed by atoms with van der Waals surface area (Å²) in [4.78, 5) is 32.1. The van der Waals surface area contributed by atoms with Crippen molar-refractivity contribution < 1.29 is 23.8 Å². The third-order valence-corrected chi connectivity index (χ3v) is 6.15. The fourth-order valence-electron chi connectivity index (χ4n) is 2.86. The molecule has 1 saturated heterocycles. The van der Waals surface area contributed by atoms with Crippen LogP contribution in [0.25, 0.3) is 0 Å². The molecular formula is C19H23BrN4O5S. The lowest BCUT2D eigenvalue weighted by Gasteiger charge is -2.25. The second kappa shape index (κ2) is 10.1. The highest BCUT2D eigenvalue weighted by Crippen LogP contribution is 2.36. The third kappa shape index (κ3) is 5.02. The number of aryl methyl sites for hydroxylation is 1. The molecule has 0 aliphatic carbocycles. The molecule has 1 aromatic carbocycles. The van der Waals surface area contributed by atoms with E-state index in [1.807, 2.05) is 6.92 Å². The molecular weight excluding hydrogens is 476 g/mol. The minimum atomic E-state index is -0.485. The van der Waals surface area contributed by atoms with Gasteiger partial charge in [0, 0.05) is 18.7 Å². The largest absolute Gasteiger partial charge is 0.493 e. The first-order valence-corrected chi connectivity index (χ1v) is 11.0. The number of benzene rings is 1. The summed E-state index contributed by atoms with van der Waals surface area (Å²) in [6.07, 6.45) is 0. The molecule has 2 N–H and O–H groups in total. The van der Waals surface area contributed by atoms with Crippen molar-refractivity contribution in [2.24, 2.45) is 0 Å². The number of anilines is 1. The van der Waals surface area contributed by atoms with Gasteiger partial charge in [0.15, 0.2) is 16.6 Å². The van der Waals surface area contributed by atoms with E-state index in [-0.39, 0.29) is 0 Å². The first kappa shape index (κ1) is 22.3. The Labute approximate surface area is 186 Å². The van der Waals surface area contributed by atoms with Crippen molar-refractivity contribution in [1.82, 2.24) is 15.8 Å². The molecule has 162 valence electrons. The third-order valence-electron chi connectivity index (χ3n) is 4.34. The molecule has 0 bridgehead atoms. The minimum Gasteiger partial charge on any atom is -0.493 e. The van der Waals surface area contributed by atoms with Crippen LogP contribution in [-0.4, -0.2) is 56.8 Å². The molecule has 0 spiro atoms. The van der Waals surface area contributed by atoms with Gasteiger partial charge in [-0.25, -0.2) is 4.98 Å². The normalized spacial score (nSPS) is 13.7. The smallest absolute Gasteiger partial charge is 0.281 e. The SMILES string of the molecule is CCOc1c(Br)cc(C(=O)NNC(=O)c2sc(N3CCOCC3)nc2C)cc1OC. The number of rotatable bonds is 6. The Morgan fingerprint density at radius 3 is 2.63 bits per heavy atom. The predicted molar refractivity (Wildman–Crippen MR) is 117 cm³/mol. The summed E-state index contributed by atoms with van der Waals surface area (Å²) in [5, 5.41) is 0.771. The van der Waals surface area contributed by atoms with E-state index in [4.69, 9.17) is 14.2 Å². The zero-order valence-corrected chi connectivity index (χ0v) is 19.3. The van der Waals surface area contributed by atoms with E-state index in [2.05, 4.69) is 36.7 Å². The highest BCUT2D eigenvalue weighted by molar-refractivity contribution is 9.10. The lowest BCUT2D eigenvalue weighted by molar-refractivity contribution is 0.0848. The summed E-state index contributed by atoms with van der Waals surface area (Å²) >= 11 is 4.67. The predicted octanol–water partition coefficient (Wildman–Crippen LogP) is 2.53.